The van der Waals surface area contributed by atoms with E-state index in [9.17, 15) is 14.4 Å². The van der Waals surface area contributed by atoms with Crippen molar-refractivity contribution >= 4 is 17.9 Å². The van der Waals surface area contributed by atoms with E-state index in [0.29, 0.717) is 19.3 Å². The van der Waals surface area contributed by atoms with Crippen LogP contribution in [-0.2, 0) is 28.6 Å². The van der Waals surface area contributed by atoms with Crippen LogP contribution >= 0.6 is 0 Å². The number of unbranched alkanes of at least 4 members (excludes halogenated alkanes) is 45. The van der Waals surface area contributed by atoms with E-state index in [1.54, 1.807) is 0 Å². The largest absolute Gasteiger partial charge is 0.462 e. The Labute approximate surface area is 486 Å². The van der Waals surface area contributed by atoms with Crippen LogP contribution in [0.3, 0.4) is 0 Å². The molecule has 0 rings (SSSR count). The van der Waals surface area contributed by atoms with Crippen LogP contribution < -0.4 is 0 Å². The third-order valence-corrected chi connectivity index (χ3v) is 15.5. The molecule has 1 atom stereocenters. The molecule has 0 aromatic heterocycles. The topological polar surface area (TPSA) is 78.9 Å². The molecule has 78 heavy (non-hydrogen) atoms. The van der Waals surface area contributed by atoms with E-state index in [-0.39, 0.29) is 31.1 Å². The van der Waals surface area contributed by atoms with E-state index in [1.807, 2.05) is 0 Å². The second-order valence-electron chi connectivity index (χ2n) is 23.4. The Bertz CT molecular complexity index is 1350. The molecule has 6 heteroatoms. The van der Waals surface area contributed by atoms with Crippen molar-refractivity contribution in [1.82, 2.24) is 0 Å². The van der Waals surface area contributed by atoms with Gasteiger partial charge in [0, 0.05) is 19.3 Å². The lowest BCUT2D eigenvalue weighted by molar-refractivity contribution is -0.167. The highest BCUT2D eigenvalue weighted by molar-refractivity contribution is 5.71. The molecule has 0 spiro atoms. The summed E-state index contributed by atoms with van der Waals surface area (Å²) in [5.74, 6) is -0.858. The second-order valence-corrected chi connectivity index (χ2v) is 23.4. The van der Waals surface area contributed by atoms with Crippen molar-refractivity contribution in [2.75, 3.05) is 13.2 Å². The quantitative estimate of drug-likeness (QED) is 0.0261. The van der Waals surface area contributed by atoms with Crippen LogP contribution in [0.15, 0.2) is 48.6 Å². The molecule has 0 saturated carbocycles. The zero-order chi connectivity index (χ0) is 56.4. The lowest BCUT2D eigenvalue weighted by atomic mass is 10.0. The van der Waals surface area contributed by atoms with Gasteiger partial charge in [-0.3, -0.25) is 14.4 Å². The summed E-state index contributed by atoms with van der Waals surface area (Å²) in [7, 11) is 0. The first-order chi connectivity index (χ1) is 38.5. The van der Waals surface area contributed by atoms with E-state index in [4.69, 9.17) is 14.2 Å². The number of allylic oxidation sites excluding steroid dienone is 8. The number of esters is 3. The van der Waals surface area contributed by atoms with Crippen LogP contribution in [0.5, 0.6) is 0 Å². The molecule has 0 aromatic carbocycles. The molecule has 0 heterocycles. The average molecular weight is 1090 g/mol. The fraction of sp³-hybridized carbons (Fsp3) is 0.847. The van der Waals surface area contributed by atoms with Gasteiger partial charge < -0.3 is 14.2 Å². The van der Waals surface area contributed by atoms with Gasteiger partial charge in [0.05, 0.1) is 0 Å². The summed E-state index contributed by atoms with van der Waals surface area (Å²) < 4.78 is 16.9. The predicted molar refractivity (Wildman–Crippen MR) is 339 cm³/mol. The first-order valence-electron chi connectivity index (χ1n) is 34.6. The van der Waals surface area contributed by atoms with E-state index < -0.39 is 6.10 Å². The van der Waals surface area contributed by atoms with E-state index >= 15 is 0 Å². The Kier molecular flexibility index (Phi) is 64.6. The highest BCUT2D eigenvalue weighted by Gasteiger charge is 2.19. The van der Waals surface area contributed by atoms with Gasteiger partial charge >= 0.3 is 17.9 Å². The first kappa shape index (κ1) is 75.4. The lowest BCUT2D eigenvalue weighted by Crippen LogP contribution is -2.30. The molecule has 1 unspecified atom stereocenters. The van der Waals surface area contributed by atoms with Crippen molar-refractivity contribution in [2.45, 2.75) is 380 Å². The van der Waals surface area contributed by atoms with Gasteiger partial charge in [0.2, 0.25) is 0 Å². The number of hydrogen-bond acceptors (Lipinski definition) is 6. The minimum absolute atomic E-state index is 0.0703. The minimum atomic E-state index is -0.772. The zero-order valence-electron chi connectivity index (χ0n) is 52.5. The maximum atomic E-state index is 12.9. The molecule has 0 aliphatic heterocycles. The van der Waals surface area contributed by atoms with Crippen molar-refractivity contribution < 1.29 is 28.6 Å². The van der Waals surface area contributed by atoms with Gasteiger partial charge in [-0.1, -0.05) is 326 Å². The molecule has 0 N–H and O–H groups in total. The van der Waals surface area contributed by atoms with Gasteiger partial charge in [0.25, 0.3) is 0 Å². The van der Waals surface area contributed by atoms with Crippen molar-refractivity contribution in [3.05, 3.63) is 48.6 Å². The summed E-state index contributed by atoms with van der Waals surface area (Å²) in [5, 5.41) is 0. The van der Waals surface area contributed by atoms with Crippen molar-refractivity contribution in [1.29, 1.82) is 0 Å². The zero-order valence-corrected chi connectivity index (χ0v) is 52.5. The second kappa shape index (κ2) is 66.9. The average Bonchev–Trinajstić information content (AvgIpc) is 3.44. The van der Waals surface area contributed by atoms with Crippen LogP contribution in [-0.4, -0.2) is 37.2 Å². The molecular formula is C72H132O6. The van der Waals surface area contributed by atoms with Crippen molar-refractivity contribution in [2.24, 2.45) is 0 Å². The Balaban J connectivity index is 4.06. The van der Waals surface area contributed by atoms with Crippen molar-refractivity contribution in [3.63, 3.8) is 0 Å². The fourth-order valence-corrected chi connectivity index (χ4v) is 10.3. The van der Waals surface area contributed by atoms with Crippen LogP contribution in [0, 0.1) is 0 Å². The fourth-order valence-electron chi connectivity index (χ4n) is 10.3. The lowest BCUT2D eigenvalue weighted by Gasteiger charge is -2.18. The highest BCUT2D eigenvalue weighted by atomic mass is 16.6. The highest BCUT2D eigenvalue weighted by Crippen LogP contribution is 2.18. The molecule has 0 fully saturated rings. The van der Waals surface area contributed by atoms with E-state index in [0.717, 1.165) is 83.5 Å². The van der Waals surface area contributed by atoms with Crippen molar-refractivity contribution in [3.8, 4) is 0 Å². The smallest absolute Gasteiger partial charge is 0.306 e. The normalized spacial score (nSPS) is 12.3. The van der Waals surface area contributed by atoms with Crippen LogP contribution in [0.25, 0.3) is 0 Å². The molecule has 0 saturated heterocycles. The standard InChI is InChI=1S/C72H132O6/c1-4-7-10-13-16-19-22-24-26-28-29-30-31-32-33-34-35-36-37-38-39-40-41-42-43-45-46-48-50-53-56-59-62-65-71(74)77-68-69(67-76-70(73)64-61-58-55-52-21-18-15-12-9-6-3)78-72(75)66-63-60-57-54-51-49-47-44-27-25-23-20-17-14-11-8-5-2/h12,15,22,24,28-29,31-32,69H,4-11,13-14,16-21,23,25-27,30,33-68H2,1-3H3/b15-12-,24-22-,29-28-,32-31-. The minimum Gasteiger partial charge on any atom is -0.462 e. The predicted octanol–water partition coefficient (Wildman–Crippen LogP) is 23.7. The Morgan fingerprint density at radius 2 is 0.487 bits per heavy atom. The van der Waals surface area contributed by atoms with E-state index in [1.165, 1.54) is 250 Å². The summed E-state index contributed by atoms with van der Waals surface area (Å²) in [6.07, 6.45) is 84.4. The van der Waals surface area contributed by atoms with Gasteiger partial charge in [-0.05, 0) is 77.0 Å². The molecule has 456 valence electrons. The van der Waals surface area contributed by atoms with Gasteiger partial charge in [-0.15, -0.1) is 0 Å². The van der Waals surface area contributed by atoms with Crippen LogP contribution in [0.2, 0.25) is 0 Å². The Hall–Kier alpha value is -2.63. The maximum Gasteiger partial charge on any atom is 0.306 e. The SMILES string of the molecule is CCC/C=C\CCCCCCCC(=O)OCC(COC(=O)CCCCCCCCCCCCCCCCCCCC/C=C\C/C=C\C/C=C\CCCCCCC)OC(=O)CCCCCCCCCCCCCCCCCCC. The van der Waals surface area contributed by atoms with Gasteiger partial charge in [-0.2, -0.15) is 0 Å². The molecule has 0 aromatic rings. The molecule has 0 amide bonds. The molecule has 6 nitrogen and oxygen atoms in total. The summed E-state index contributed by atoms with van der Waals surface area (Å²) in [4.78, 5) is 38.2. The number of hydrogen-bond donors (Lipinski definition) is 0. The first-order valence-corrected chi connectivity index (χ1v) is 34.6. The third-order valence-electron chi connectivity index (χ3n) is 15.5. The van der Waals surface area contributed by atoms with Gasteiger partial charge in [0.15, 0.2) is 6.10 Å². The monoisotopic (exact) mass is 1090 g/mol. The number of ether oxygens (including phenoxy) is 3. The number of rotatable bonds is 64. The Morgan fingerprint density at radius 3 is 0.782 bits per heavy atom. The molecule has 0 radical (unpaired) electrons. The summed E-state index contributed by atoms with van der Waals surface area (Å²) in [6, 6.07) is 0. The third kappa shape index (κ3) is 64.2. The molecule has 0 aliphatic carbocycles. The van der Waals surface area contributed by atoms with Gasteiger partial charge in [-0.25, -0.2) is 0 Å². The molecule has 0 aliphatic rings. The van der Waals surface area contributed by atoms with Crippen LogP contribution in [0.1, 0.15) is 374 Å². The van der Waals surface area contributed by atoms with Gasteiger partial charge in [0.1, 0.15) is 13.2 Å². The van der Waals surface area contributed by atoms with Crippen LogP contribution in [0.4, 0.5) is 0 Å². The molecular weight excluding hydrogens is 961 g/mol. The Morgan fingerprint density at radius 1 is 0.256 bits per heavy atom. The summed E-state index contributed by atoms with van der Waals surface area (Å²) in [5.41, 5.74) is 0. The summed E-state index contributed by atoms with van der Waals surface area (Å²) >= 11 is 0. The van der Waals surface area contributed by atoms with E-state index in [2.05, 4.69) is 69.4 Å². The molecule has 0 bridgehead atoms. The number of carbonyl (C=O) groups excluding carboxylic acids is 3. The summed E-state index contributed by atoms with van der Waals surface area (Å²) in [6.45, 7) is 6.62. The number of carbonyl (C=O) groups is 3. The maximum absolute atomic E-state index is 12.9.